The molecule has 2 heterocycles. The third-order valence-corrected chi connectivity index (χ3v) is 10.9. The van der Waals surface area contributed by atoms with Gasteiger partial charge in [-0.3, -0.25) is 0 Å². The molecule has 0 radical (unpaired) electrons. The average Bonchev–Trinajstić information content (AvgIpc) is 3.01. The molecule has 128 valence electrons. The van der Waals surface area contributed by atoms with Gasteiger partial charge in [-0.05, 0) is 37.4 Å². The van der Waals surface area contributed by atoms with Gasteiger partial charge in [0.05, 0.1) is 19.3 Å². The summed E-state index contributed by atoms with van der Waals surface area (Å²) in [7, 11) is -1.67. The molecule has 1 aliphatic carbocycles. The second-order valence-corrected chi connectivity index (χ2v) is 13.7. The van der Waals surface area contributed by atoms with Crippen molar-refractivity contribution in [3.8, 4) is 0 Å². The number of nitrogens with one attached hydrogen (secondary N) is 1. The van der Waals surface area contributed by atoms with Crippen molar-refractivity contribution in [1.29, 1.82) is 0 Å². The molecule has 0 aromatic heterocycles. The van der Waals surface area contributed by atoms with E-state index in [4.69, 9.17) is 13.9 Å². The van der Waals surface area contributed by atoms with E-state index in [-0.39, 0.29) is 16.4 Å². The van der Waals surface area contributed by atoms with Crippen LogP contribution in [0.2, 0.25) is 18.1 Å². The van der Waals surface area contributed by atoms with Crippen LogP contribution in [0.15, 0.2) is 0 Å². The maximum atomic E-state index is 6.62. The number of hydrogen-bond acceptors (Lipinski definition) is 4. The highest BCUT2D eigenvalue weighted by atomic mass is 28.4. The lowest BCUT2D eigenvalue weighted by Gasteiger charge is -2.42. The van der Waals surface area contributed by atoms with E-state index in [1.54, 1.807) is 0 Å². The van der Waals surface area contributed by atoms with E-state index in [9.17, 15) is 0 Å². The van der Waals surface area contributed by atoms with E-state index < -0.39 is 8.32 Å². The number of hydrogen-bond donors (Lipinski definition) is 1. The molecule has 4 nitrogen and oxygen atoms in total. The van der Waals surface area contributed by atoms with Crippen molar-refractivity contribution >= 4 is 8.32 Å². The first-order valence-electron chi connectivity index (χ1n) is 8.86. The van der Waals surface area contributed by atoms with Crippen LogP contribution in [0.3, 0.4) is 0 Å². The summed E-state index contributed by atoms with van der Waals surface area (Å²) in [6, 6.07) is 0. The number of rotatable bonds is 2. The van der Waals surface area contributed by atoms with Gasteiger partial charge in [0, 0.05) is 24.9 Å². The van der Waals surface area contributed by atoms with Gasteiger partial charge in [-0.1, -0.05) is 20.8 Å². The van der Waals surface area contributed by atoms with Crippen LogP contribution in [0, 0.1) is 0 Å². The Hall–Kier alpha value is 0.0569. The average molecular weight is 328 g/mol. The molecule has 0 aromatic rings. The van der Waals surface area contributed by atoms with Crippen molar-refractivity contribution in [2.75, 3.05) is 19.8 Å². The van der Waals surface area contributed by atoms with Crippen LogP contribution in [0.25, 0.3) is 0 Å². The van der Waals surface area contributed by atoms with Crippen molar-refractivity contribution in [3.63, 3.8) is 0 Å². The second kappa shape index (κ2) is 5.55. The van der Waals surface area contributed by atoms with E-state index in [2.05, 4.69) is 39.2 Å². The second-order valence-electron chi connectivity index (χ2n) is 8.97. The van der Waals surface area contributed by atoms with E-state index in [1.165, 1.54) is 0 Å². The highest BCUT2D eigenvalue weighted by Gasteiger charge is 2.50. The van der Waals surface area contributed by atoms with Crippen LogP contribution in [0.1, 0.15) is 52.9 Å². The molecular formula is C17H33NO3Si. The van der Waals surface area contributed by atoms with Gasteiger partial charge < -0.3 is 19.2 Å². The van der Waals surface area contributed by atoms with Crippen molar-refractivity contribution in [3.05, 3.63) is 0 Å². The molecule has 3 rings (SSSR count). The van der Waals surface area contributed by atoms with Crippen molar-refractivity contribution in [2.45, 2.75) is 88.4 Å². The Morgan fingerprint density at radius 2 is 1.64 bits per heavy atom. The highest BCUT2D eigenvalue weighted by molar-refractivity contribution is 6.74. The minimum absolute atomic E-state index is 0.258. The van der Waals surface area contributed by atoms with E-state index >= 15 is 0 Å². The minimum Gasteiger partial charge on any atom is -0.413 e. The summed E-state index contributed by atoms with van der Waals surface area (Å²) in [6.07, 6.45) is 5.85. The van der Waals surface area contributed by atoms with Crippen LogP contribution in [-0.2, 0) is 13.9 Å². The Morgan fingerprint density at radius 1 is 1.05 bits per heavy atom. The molecule has 0 aromatic carbocycles. The smallest absolute Gasteiger partial charge is 0.192 e. The molecule has 0 bridgehead atoms. The first-order chi connectivity index (χ1) is 10.2. The molecule has 1 saturated carbocycles. The van der Waals surface area contributed by atoms with Crippen LogP contribution in [0.4, 0.5) is 0 Å². The summed E-state index contributed by atoms with van der Waals surface area (Å²) in [6.45, 7) is 14.2. The maximum absolute atomic E-state index is 6.62. The van der Waals surface area contributed by atoms with E-state index in [0.29, 0.717) is 6.10 Å². The van der Waals surface area contributed by atoms with Gasteiger partial charge in [0.1, 0.15) is 0 Å². The number of ether oxygens (including phenoxy) is 2. The Balaban J connectivity index is 1.57. The van der Waals surface area contributed by atoms with Crippen LogP contribution in [0.5, 0.6) is 0 Å². The van der Waals surface area contributed by atoms with Crippen molar-refractivity contribution < 1.29 is 13.9 Å². The molecule has 1 atom stereocenters. The highest BCUT2D eigenvalue weighted by Crippen LogP contribution is 2.45. The van der Waals surface area contributed by atoms with Gasteiger partial charge in [0.25, 0.3) is 0 Å². The Bertz CT molecular complexity index is 403. The fourth-order valence-corrected chi connectivity index (χ4v) is 5.22. The summed E-state index contributed by atoms with van der Waals surface area (Å²) >= 11 is 0. The molecule has 0 unspecified atom stereocenters. The first-order valence-corrected chi connectivity index (χ1v) is 11.8. The molecule has 2 spiro atoms. The first kappa shape index (κ1) is 16.9. The Kier molecular flexibility index (Phi) is 4.27. The molecule has 0 amide bonds. The van der Waals surface area contributed by atoms with Crippen molar-refractivity contribution in [2.24, 2.45) is 0 Å². The fraction of sp³-hybridized carbons (Fsp3) is 1.00. The Labute approximate surface area is 136 Å². The largest absolute Gasteiger partial charge is 0.413 e. The molecule has 2 saturated heterocycles. The van der Waals surface area contributed by atoms with Crippen LogP contribution < -0.4 is 5.32 Å². The van der Waals surface area contributed by atoms with Gasteiger partial charge in [-0.2, -0.15) is 0 Å². The predicted molar refractivity (Wildman–Crippen MR) is 90.5 cm³/mol. The van der Waals surface area contributed by atoms with Gasteiger partial charge in [0.15, 0.2) is 14.1 Å². The standard InChI is InChI=1S/C17H33NO3Si/c1-15(2,3)22(4,5)21-14-12-16(18-13-14)6-8-17(9-7-16)19-10-11-20-17/h14,18H,6-13H2,1-5H3/t14-/m0/s1. The van der Waals surface area contributed by atoms with Crippen LogP contribution in [-0.4, -0.2) is 45.5 Å². The molecule has 2 aliphatic heterocycles. The van der Waals surface area contributed by atoms with Gasteiger partial charge in [-0.15, -0.1) is 0 Å². The molecule has 1 N–H and O–H groups in total. The lowest BCUT2D eigenvalue weighted by molar-refractivity contribution is -0.185. The third-order valence-electron chi connectivity index (χ3n) is 6.37. The summed E-state index contributed by atoms with van der Waals surface area (Å²) in [5, 5.41) is 4.07. The molecule has 5 heteroatoms. The van der Waals surface area contributed by atoms with Crippen molar-refractivity contribution in [1.82, 2.24) is 5.32 Å². The lowest BCUT2D eigenvalue weighted by Crippen LogP contribution is -2.48. The van der Waals surface area contributed by atoms with E-state index in [0.717, 1.165) is 51.9 Å². The summed E-state index contributed by atoms with van der Waals surface area (Å²) in [4.78, 5) is 0. The monoisotopic (exact) mass is 327 g/mol. The normalized spacial score (nSPS) is 31.2. The predicted octanol–water partition coefficient (Wildman–Crippen LogP) is 3.43. The van der Waals surface area contributed by atoms with Gasteiger partial charge in [-0.25, -0.2) is 0 Å². The topological polar surface area (TPSA) is 39.7 Å². The summed E-state index contributed by atoms with van der Waals surface area (Å²) in [5.74, 6) is -0.259. The van der Waals surface area contributed by atoms with Gasteiger partial charge in [0.2, 0.25) is 0 Å². The molecule has 22 heavy (non-hydrogen) atoms. The molecule has 3 fully saturated rings. The minimum atomic E-state index is -1.67. The molecular weight excluding hydrogens is 294 g/mol. The zero-order chi connectivity index (χ0) is 16.1. The maximum Gasteiger partial charge on any atom is 0.192 e. The SMILES string of the molecule is CC(C)(C)[Si](C)(C)O[C@@H]1CNC2(CCC3(CC2)OCCO3)C1. The fourth-order valence-electron chi connectivity index (χ4n) is 3.86. The summed E-state index contributed by atoms with van der Waals surface area (Å²) in [5.41, 5.74) is 0.258. The van der Waals surface area contributed by atoms with Crippen LogP contribution >= 0.6 is 0 Å². The third kappa shape index (κ3) is 3.15. The quantitative estimate of drug-likeness (QED) is 0.789. The summed E-state index contributed by atoms with van der Waals surface area (Å²) < 4.78 is 18.3. The Morgan fingerprint density at radius 3 is 2.18 bits per heavy atom. The molecule has 3 aliphatic rings. The zero-order valence-electron chi connectivity index (χ0n) is 15.0. The van der Waals surface area contributed by atoms with E-state index in [1.807, 2.05) is 0 Å². The van der Waals surface area contributed by atoms with Gasteiger partial charge >= 0.3 is 0 Å². The zero-order valence-corrected chi connectivity index (χ0v) is 16.0. The lowest BCUT2D eigenvalue weighted by atomic mass is 9.77.